The number of anilines is 2. The molecular weight excluding hydrogens is 402 g/mol. The second-order valence-electron chi connectivity index (χ2n) is 8.32. The molecule has 1 N–H and O–H groups in total. The van der Waals surface area contributed by atoms with Crippen LogP contribution in [-0.4, -0.2) is 51.6 Å². The number of carbonyl (C=O) groups excluding carboxylic acids is 1. The van der Waals surface area contributed by atoms with Gasteiger partial charge in [-0.1, -0.05) is 18.2 Å². The number of para-hydroxylation sites is 1. The minimum atomic E-state index is -0.250. The highest BCUT2D eigenvalue weighted by atomic mass is 16.5. The number of likely N-dealkylation sites (tertiary alicyclic amines) is 1. The number of rotatable bonds is 5. The van der Waals surface area contributed by atoms with Crippen molar-refractivity contribution in [3.63, 3.8) is 0 Å². The van der Waals surface area contributed by atoms with E-state index in [-0.39, 0.29) is 17.9 Å². The topological polar surface area (TPSA) is 80.2 Å². The smallest absolute Gasteiger partial charge is 0.251 e. The summed E-state index contributed by atoms with van der Waals surface area (Å²) in [5.41, 5.74) is 2.86. The Bertz CT molecular complexity index is 1050. The number of carbonyl (C=O) groups is 1. The predicted octanol–water partition coefficient (Wildman–Crippen LogP) is 4.17. The van der Waals surface area contributed by atoms with Crippen LogP contribution in [0.1, 0.15) is 37.4 Å². The Balaban J connectivity index is 1.37. The Hall–Kier alpha value is -3.32. The molecule has 2 fully saturated rings. The highest BCUT2D eigenvalue weighted by Gasteiger charge is 2.32. The molecule has 32 heavy (non-hydrogen) atoms. The summed E-state index contributed by atoms with van der Waals surface area (Å²) < 4.78 is 5.59. The number of ether oxygens (including phenoxy) is 1. The number of hydrogen-bond acceptors (Lipinski definition) is 6. The van der Waals surface area contributed by atoms with Crippen molar-refractivity contribution in [1.29, 1.82) is 0 Å². The van der Waals surface area contributed by atoms with Crippen LogP contribution in [0.5, 0.6) is 0 Å². The van der Waals surface area contributed by atoms with E-state index in [0.29, 0.717) is 19.7 Å². The van der Waals surface area contributed by atoms with Crippen LogP contribution in [0.3, 0.4) is 0 Å². The fourth-order valence-corrected chi connectivity index (χ4v) is 4.39. The third kappa shape index (κ3) is 4.62. The normalized spacial score (nSPS) is 19.1. The molecule has 2 aliphatic rings. The number of pyridine rings is 1. The van der Waals surface area contributed by atoms with Crippen molar-refractivity contribution < 1.29 is 9.53 Å². The minimum absolute atomic E-state index is 0.138. The fourth-order valence-electron chi connectivity index (χ4n) is 4.39. The van der Waals surface area contributed by atoms with Gasteiger partial charge in [0.05, 0.1) is 5.69 Å². The number of hydrogen-bond donors (Lipinski definition) is 1. The average Bonchev–Trinajstić information content (AvgIpc) is 3.40. The van der Waals surface area contributed by atoms with Crippen LogP contribution in [0.4, 0.5) is 11.5 Å². The SMILES string of the molecule is O=C([C@H]1CCCO1)N1CCC(c2nc(Nc3ccccc3)cc(-c3ccncc3)n2)CC1. The standard InChI is InChI=1S/C25H27N5O2/c31-25(22-7-4-16-32-22)30-14-10-19(11-15-30)24-28-21(18-8-12-26-13-9-18)17-23(29-24)27-20-5-2-1-3-6-20/h1-3,5-6,8-9,12-13,17,19,22H,4,7,10-11,14-16H2,(H,27,28,29)/t22-/m1/s1. The summed E-state index contributed by atoms with van der Waals surface area (Å²) in [5, 5.41) is 3.41. The second kappa shape index (κ2) is 9.44. The molecule has 0 aliphatic carbocycles. The van der Waals surface area contributed by atoms with Crippen LogP contribution < -0.4 is 5.32 Å². The van der Waals surface area contributed by atoms with Crippen LogP contribution >= 0.6 is 0 Å². The van der Waals surface area contributed by atoms with E-state index in [9.17, 15) is 4.79 Å². The van der Waals surface area contributed by atoms with Gasteiger partial charge in [0.2, 0.25) is 0 Å². The molecule has 5 rings (SSSR count). The highest BCUT2D eigenvalue weighted by molar-refractivity contribution is 5.81. The van der Waals surface area contributed by atoms with Crippen molar-refractivity contribution >= 4 is 17.4 Å². The lowest BCUT2D eigenvalue weighted by Crippen LogP contribution is -2.43. The van der Waals surface area contributed by atoms with E-state index in [4.69, 9.17) is 14.7 Å². The molecule has 1 amide bonds. The molecule has 0 spiro atoms. The van der Waals surface area contributed by atoms with Gasteiger partial charge in [0.15, 0.2) is 0 Å². The Morgan fingerprint density at radius 2 is 1.78 bits per heavy atom. The summed E-state index contributed by atoms with van der Waals surface area (Å²) in [6, 6.07) is 15.9. The van der Waals surface area contributed by atoms with Gasteiger partial charge < -0.3 is 15.0 Å². The van der Waals surface area contributed by atoms with Gasteiger partial charge in [0.25, 0.3) is 5.91 Å². The van der Waals surface area contributed by atoms with Gasteiger partial charge in [-0.15, -0.1) is 0 Å². The quantitative estimate of drug-likeness (QED) is 0.656. The maximum atomic E-state index is 12.7. The van der Waals surface area contributed by atoms with Gasteiger partial charge in [0, 0.05) is 55.3 Å². The number of nitrogens with zero attached hydrogens (tertiary/aromatic N) is 4. The summed E-state index contributed by atoms with van der Waals surface area (Å²) in [5.74, 6) is 1.94. The number of nitrogens with one attached hydrogen (secondary N) is 1. The maximum Gasteiger partial charge on any atom is 0.251 e. The minimum Gasteiger partial charge on any atom is -0.368 e. The van der Waals surface area contributed by atoms with E-state index < -0.39 is 0 Å². The van der Waals surface area contributed by atoms with Crippen LogP contribution in [-0.2, 0) is 9.53 Å². The molecule has 1 aromatic carbocycles. The van der Waals surface area contributed by atoms with Gasteiger partial charge in [0.1, 0.15) is 17.7 Å². The summed E-state index contributed by atoms with van der Waals surface area (Å²) in [7, 11) is 0. The van der Waals surface area contributed by atoms with E-state index in [1.807, 2.05) is 53.4 Å². The van der Waals surface area contributed by atoms with Crippen LogP contribution in [0, 0.1) is 0 Å². The molecule has 3 aromatic rings. The molecule has 1 atom stereocenters. The summed E-state index contributed by atoms with van der Waals surface area (Å²) in [6.45, 7) is 2.13. The molecule has 7 nitrogen and oxygen atoms in total. The molecular formula is C25H27N5O2. The Morgan fingerprint density at radius 3 is 2.50 bits per heavy atom. The monoisotopic (exact) mass is 429 g/mol. The van der Waals surface area contributed by atoms with Crippen LogP contribution in [0.15, 0.2) is 60.9 Å². The molecule has 2 saturated heterocycles. The van der Waals surface area contributed by atoms with E-state index in [0.717, 1.165) is 54.3 Å². The number of amides is 1. The largest absolute Gasteiger partial charge is 0.368 e. The van der Waals surface area contributed by atoms with E-state index in [1.165, 1.54) is 0 Å². The first-order valence-corrected chi connectivity index (χ1v) is 11.3. The number of aromatic nitrogens is 3. The lowest BCUT2D eigenvalue weighted by Gasteiger charge is -2.32. The maximum absolute atomic E-state index is 12.7. The first-order valence-electron chi connectivity index (χ1n) is 11.3. The van der Waals surface area contributed by atoms with Gasteiger partial charge in [-0.2, -0.15) is 0 Å². The fraction of sp³-hybridized carbons (Fsp3) is 0.360. The Morgan fingerprint density at radius 1 is 1.00 bits per heavy atom. The molecule has 0 saturated carbocycles. The first-order chi connectivity index (χ1) is 15.8. The van der Waals surface area contributed by atoms with Crippen molar-refractivity contribution in [3.8, 4) is 11.3 Å². The molecule has 0 radical (unpaired) electrons. The van der Waals surface area contributed by atoms with Gasteiger partial charge in [-0.25, -0.2) is 9.97 Å². The Kier molecular flexibility index (Phi) is 6.07. The van der Waals surface area contributed by atoms with Gasteiger partial charge >= 0.3 is 0 Å². The number of piperidine rings is 1. The summed E-state index contributed by atoms with van der Waals surface area (Å²) in [6.07, 6.45) is 6.81. The molecule has 0 unspecified atom stereocenters. The zero-order valence-corrected chi connectivity index (χ0v) is 18.0. The van der Waals surface area contributed by atoms with Crippen molar-refractivity contribution in [2.24, 2.45) is 0 Å². The van der Waals surface area contributed by atoms with E-state index in [2.05, 4.69) is 10.3 Å². The van der Waals surface area contributed by atoms with Crippen molar-refractivity contribution in [3.05, 3.63) is 66.7 Å². The average molecular weight is 430 g/mol. The number of benzene rings is 1. The summed E-state index contributed by atoms with van der Waals surface area (Å²) >= 11 is 0. The first kappa shape index (κ1) is 20.6. The molecule has 0 bridgehead atoms. The van der Waals surface area contributed by atoms with Crippen molar-refractivity contribution in [2.45, 2.75) is 37.7 Å². The van der Waals surface area contributed by atoms with Gasteiger partial charge in [-0.3, -0.25) is 9.78 Å². The summed E-state index contributed by atoms with van der Waals surface area (Å²) in [4.78, 5) is 28.5. The third-order valence-corrected chi connectivity index (χ3v) is 6.14. The second-order valence-corrected chi connectivity index (χ2v) is 8.32. The Labute approximate surface area is 187 Å². The third-order valence-electron chi connectivity index (χ3n) is 6.14. The molecule has 2 aliphatic heterocycles. The van der Waals surface area contributed by atoms with E-state index >= 15 is 0 Å². The predicted molar refractivity (Wildman–Crippen MR) is 123 cm³/mol. The molecule has 7 heteroatoms. The zero-order chi connectivity index (χ0) is 21.8. The van der Waals surface area contributed by atoms with E-state index in [1.54, 1.807) is 12.4 Å². The lowest BCUT2D eigenvalue weighted by molar-refractivity contribution is -0.142. The molecule has 164 valence electrons. The lowest BCUT2D eigenvalue weighted by atomic mass is 9.95. The van der Waals surface area contributed by atoms with Crippen molar-refractivity contribution in [2.75, 3.05) is 25.0 Å². The zero-order valence-electron chi connectivity index (χ0n) is 18.0. The van der Waals surface area contributed by atoms with Crippen LogP contribution in [0.25, 0.3) is 11.3 Å². The molecule has 2 aromatic heterocycles. The van der Waals surface area contributed by atoms with Crippen molar-refractivity contribution in [1.82, 2.24) is 19.9 Å². The van der Waals surface area contributed by atoms with Crippen LogP contribution in [0.2, 0.25) is 0 Å². The highest BCUT2D eigenvalue weighted by Crippen LogP contribution is 2.30. The van der Waals surface area contributed by atoms with Gasteiger partial charge in [-0.05, 0) is 49.9 Å². The molecule has 4 heterocycles.